The number of hydrogen-bond donors (Lipinski definition) is 1. The van der Waals surface area contributed by atoms with Crippen LogP contribution in [0.15, 0.2) is 22.8 Å². The summed E-state index contributed by atoms with van der Waals surface area (Å²) in [7, 11) is 0. The van der Waals surface area contributed by atoms with Crippen molar-refractivity contribution in [3.05, 3.63) is 22.8 Å². The summed E-state index contributed by atoms with van der Waals surface area (Å²) in [6, 6.07) is 0. The molecule has 1 N–H and O–H groups in total. The zero-order valence-electron chi connectivity index (χ0n) is 15.1. The van der Waals surface area contributed by atoms with Gasteiger partial charge in [0.25, 0.3) is 0 Å². The first-order chi connectivity index (χ1) is 11.8. The molecule has 25 heavy (non-hydrogen) atoms. The zero-order chi connectivity index (χ0) is 18.0. The second-order valence-electron chi connectivity index (χ2n) is 9.07. The van der Waals surface area contributed by atoms with Crippen LogP contribution in [-0.2, 0) is 4.79 Å². The topological polar surface area (TPSA) is 37.3 Å². The maximum Gasteiger partial charge on any atom is 0.166 e. The van der Waals surface area contributed by atoms with Crippen LogP contribution >= 0.6 is 11.6 Å². The van der Waals surface area contributed by atoms with E-state index < -0.39 is 5.60 Å². The Balaban J connectivity index is 1.74. The van der Waals surface area contributed by atoms with E-state index in [1.807, 2.05) is 12.2 Å². The largest absolute Gasteiger partial charge is 0.372 e. The summed E-state index contributed by atoms with van der Waals surface area (Å²) in [5.41, 5.74) is -0.207. The number of hydrogen-bond acceptors (Lipinski definition) is 2. The highest BCUT2D eigenvalue weighted by atomic mass is 35.5. The average Bonchev–Trinajstić information content (AvgIpc) is 2.59. The fourth-order valence-electron chi connectivity index (χ4n) is 6.65. The highest BCUT2D eigenvalue weighted by molar-refractivity contribution is 6.31. The van der Waals surface area contributed by atoms with Crippen LogP contribution in [0, 0.1) is 40.9 Å². The van der Waals surface area contributed by atoms with Gasteiger partial charge in [-0.3, -0.25) is 4.79 Å². The molecule has 2 saturated carbocycles. The zero-order valence-corrected chi connectivity index (χ0v) is 15.9. The Labute approximate surface area is 155 Å². The second-order valence-corrected chi connectivity index (χ2v) is 9.47. The van der Waals surface area contributed by atoms with Gasteiger partial charge in [0.05, 0.1) is 5.03 Å². The van der Waals surface area contributed by atoms with Crippen LogP contribution in [0.5, 0.6) is 0 Å². The highest BCUT2D eigenvalue weighted by Crippen LogP contribution is 2.66. The van der Waals surface area contributed by atoms with E-state index in [9.17, 15) is 9.90 Å². The Morgan fingerprint density at radius 3 is 2.72 bits per heavy atom. The van der Waals surface area contributed by atoms with Crippen molar-refractivity contribution in [1.82, 2.24) is 0 Å². The molecule has 4 aliphatic rings. The Kier molecular flexibility index (Phi) is 3.81. The predicted octanol–water partition coefficient (Wildman–Crippen LogP) is 4.62. The fourth-order valence-corrected chi connectivity index (χ4v) is 7.01. The first-order valence-electron chi connectivity index (χ1n) is 9.56. The van der Waals surface area contributed by atoms with Gasteiger partial charge in [-0.25, -0.2) is 0 Å². The van der Waals surface area contributed by atoms with Crippen molar-refractivity contribution in [2.75, 3.05) is 0 Å². The maximum atomic E-state index is 11.9. The van der Waals surface area contributed by atoms with Crippen LogP contribution < -0.4 is 0 Å². The van der Waals surface area contributed by atoms with E-state index in [1.54, 1.807) is 0 Å². The molecule has 0 aromatic rings. The number of ketones is 1. The molecule has 2 nitrogen and oxygen atoms in total. The molecule has 0 bridgehead atoms. The van der Waals surface area contributed by atoms with Crippen LogP contribution in [0.2, 0.25) is 0 Å². The van der Waals surface area contributed by atoms with E-state index in [0.717, 1.165) is 38.5 Å². The Morgan fingerprint density at radius 1 is 1.24 bits per heavy atom. The lowest BCUT2D eigenvalue weighted by molar-refractivity contribution is -0.129. The molecule has 0 saturated heterocycles. The summed E-state index contributed by atoms with van der Waals surface area (Å²) in [5.74, 6) is 4.39. The predicted molar refractivity (Wildman–Crippen MR) is 99.8 cm³/mol. The third-order valence-electron chi connectivity index (χ3n) is 8.28. The molecule has 4 rings (SSSR count). The number of allylic oxidation sites excluding steroid dienone is 3. The summed E-state index contributed by atoms with van der Waals surface area (Å²) in [5, 5.41) is 11.7. The molecule has 0 spiro atoms. The number of rotatable bonds is 0. The molecule has 0 aliphatic heterocycles. The van der Waals surface area contributed by atoms with E-state index in [4.69, 9.17) is 18.0 Å². The molecule has 2 fully saturated rings. The molecular weight excluding hydrogens is 332 g/mol. The van der Waals surface area contributed by atoms with Crippen LogP contribution in [0.1, 0.15) is 58.8 Å². The molecule has 0 aromatic heterocycles. The maximum absolute atomic E-state index is 11.9. The number of fused-ring (bicyclic) bond motifs is 5. The smallest absolute Gasteiger partial charge is 0.166 e. The van der Waals surface area contributed by atoms with Crippen LogP contribution in [0.25, 0.3) is 0 Å². The van der Waals surface area contributed by atoms with Gasteiger partial charge in [-0.05, 0) is 67.8 Å². The van der Waals surface area contributed by atoms with Crippen molar-refractivity contribution in [2.24, 2.45) is 28.6 Å². The number of terminal acetylenes is 1. The van der Waals surface area contributed by atoms with E-state index >= 15 is 0 Å². The quantitative estimate of drug-likeness (QED) is 0.642. The summed E-state index contributed by atoms with van der Waals surface area (Å²) in [6.45, 7) is 4.50. The first-order valence-corrected chi connectivity index (χ1v) is 9.94. The molecule has 0 unspecified atom stereocenters. The molecule has 0 heterocycles. The van der Waals surface area contributed by atoms with Gasteiger partial charge >= 0.3 is 0 Å². The lowest BCUT2D eigenvalue weighted by Gasteiger charge is -2.62. The van der Waals surface area contributed by atoms with Gasteiger partial charge in [0, 0.05) is 11.8 Å². The van der Waals surface area contributed by atoms with E-state index in [1.165, 1.54) is 5.57 Å². The highest BCUT2D eigenvalue weighted by Gasteiger charge is 2.62. The third-order valence-corrected chi connectivity index (χ3v) is 8.71. The van der Waals surface area contributed by atoms with Gasteiger partial charge in [-0.15, -0.1) is 6.42 Å². The Bertz CT molecular complexity index is 729. The second kappa shape index (κ2) is 5.48. The van der Waals surface area contributed by atoms with E-state index in [2.05, 4.69) is 19.8 Å². The van der Waals surface area contributed by atoms with Crippen LogP contribution in [0.4, 0.5) is 0 Å². The van der Waals surface area contributed by atoms with E-state index in [0.29, 0.717) is 35.0 Å². The Morgan fingerprint density at radius 2 is 2.00 bits per heavy atom. The average molecular weight is 359 g/mol. The summed E-state index contributed by atoms with van der Waals surface area (Å²) >= 11 is 6.38. The monoisotopic (exact) mass is 358 g/mol. The fraction of sp³-hybridized carbons (Fsp3) is 0.682. The standard InChI is InChI=1S/C22H27ClO2/c1-4-22(25)19(23)8-7-18-16-6-5-14-13-15(24)9-11-20(14,2)17(16)10-12-21(18,22)3/h1,8,13,16-18,25H,5-7,9-12H2,2-3H3/t16-,17+,18+,20+,21+,22+/m1/s1. The number of aliphatic hydroxyl groups is 1. The summed E-state index contributed by atoms with van der Waals surface area (Å²) < 4.78 is 0. The summed E-state index contributed by atoms with van der Waals surface area (Å²) in [4.78, 5) is 11.9. The third kappa shape index (κ3) is 2.12. The van der Waals surface area contributed by atoms with Crippen LogP contribution in [0.3, 0.4) is 0 Å². The minimum Gasteiger partial charge on any atom is -0.372 e. The number of carbonyl (C=O) groups excluding carboxylic acids is 1. The van der Waals surface area contributed by atoms with Crippen molar-refractivity contribution in [2.45, 2.75) is 64.4 Å². The number of halogens is 1. The molecule has 4 aliphatic carbocycles. The van der Waals surface area contributed by atoms with Crippen molar-refractivity contribution < 1.29 is 9.90 Å². The van der Waals surface area contributed by atoms with Crippen molar-refractivity contribution in [3.63, 3.8) is 0 Å². The minimum absolute atomic E-state index is 0.136. The lowest BCUT2D eigenvalue weighted by Crippen LogP contribution is -2.60. The lowest BCUT2D eigenvalue weighted by atomic mass is 9.43. The summed E-state index contributed by atoms with van der Waals surface area (Å²) in [6.07, 6.45) is 16.2. The molecule has 0 aromatic carbocycles. The van der Waals surface area contributed by atoms with Crippen LogP contribution in [-0.4, -0.2) is 16.5 Å². The molecule has 0 amide bonds. The van der Waals surface area contributed by atoms with Crippen molar-refractivity contribution in [1.29, 1.82) is 0 Å². The van der Waals surface area contributed by atoms with E-state index in [-0.39, 0.29) is 10.8 Å². The molecule has 3 heteroatoms. The van der Waals surface area contributed by atoms with Gasteiger partial charge in [-0.1, -0.05) is 43.0 Å². The SMILES string of the molecule is C#C[C@]1(O)C(Cl)=CC[C@H]2[C@@H]3CCC4=CC(=O)CC[C@]4(C)[C@H]3CC[C@@]21C. The van der Waals surface area contributed by atoms with Crippen molar-refractivity contribution >= 4 is 17.4 Å². The first kappa shape index (κ1) is 17.4. The van der Waals surface area contributed by atoms with Crippen molar-refractivity contribution in [3.8, 4) is 12.3 Å². The molecule has 134 valence electrons. The molecule has 0 radical (unpaired) electrons. The van der Waals surface area contributed by atoms with Gasteiger partial charge in [0.1, 0.15) is 0 Å². The Hall–Kier alpha value is -1.04. The van der Waals surface area contributed by atoms with Gasteiger partial charge in [0.15, 0.2) is 11.4 Å². The van der Waals surface area contributed by atoms with Gasteiger partial charge in [0.2, 0.25) is 0 Å². The molecular formula is C22H27ClO2. The normalized spacial score (nSPS) is 49.1. The minimum atomic E-state index is -1.35. The van der Waals surface area contributed by atoms with Gasteiger partial charge < -0.3 is 5.11 Å². The van der Waals surface area contributed by atoms with Gasteiger partial charge in [-0.2, -0.15) is 0 Å². The number of carbonyl (C=O) groups is 1. The molecule has 6 atom stereocenters.